The van der Waals surface area contributed by atoms with Crippen LogP contribution in [-0.4, -0.2) is 22.2 Å². The minimum Gasteiger partial charge on any atom is -0.508 e. The molecule has 2 aromatic carbocycles. The van der Waals surface area contributed by atoms with Gasteiger partial charge in [0.25, 0.3) is 0 Å². The van der Waals surface area contributed by atoms with Crippen molar-refractivity contribution in [2.75, 3.05) is 0 Å². The van der Waals surface area contributed by atoms with Crippen LogP contribution in [0, 0.1) is 5.92 Å². The summed E-state index contributed by atoms with van der Waals surface area (Å²) in [7, 11) is 0. The van der Waals surface area contributed by atoms with E-state index >= 15 is 0 Å². The molecule has 0 saturated carbocycles. The van der Waals surface area contributed by atoms with Crippen molar-refractivity contribution in [1.29, 1.82) is 0 Å². The van der Waals surface area contributed by atoms with Crippen molar-refractivity contribution >= 4 is 18.1 Å². The van der Waals surface area contributed by atoms with Crippen LogP contribution in [0.5, 0.6) is 17.2 Å². The molecule has 2 atom stereocenters. The number of carbonyl (C=O) groups excluding carboxylic acids is 1. The SMILES string of the molecule is CC[C@H](C)[C@H](N)C(=O)Oc1ccc(/C=C\c2cc(O)cc(O)c2)cc1. The van der Waals surface area contributed by atoms with Crippen molar-refractivity contribution in [3.8, 4) is 17.2 Å². The zero-order valence-electron chi connectivity index (χ0n) is 14.3. The molecule has 0 aromatic heterocycles. The van der Waals surface area contributed by atoms with Crippen molar-refractivity contribution in [1.82, 2.24) is 0 Å². The summed E-state index contributed by atoms with van der Waals surface area (Å²) in [6.07, 6.45) is 4.40. The van der Waals surface area contributed by atoms with E-state index in [0.29, 0.717) is 11.3 Å². The van der Waals surface area contributed by atoms with Gasteiger partial charge in [0.2, 0.25) is 0 Å². The number of ether oxygens (including phenoxy) is 1. The maximum Gasteiger partial charge on any atom is 0.328 e. The average molecular weight is 341 g/mol. The summed E-state index contributed by atoms with van der Waals surface area (Å²) >= 11 is 0. The van der Waals surface area contributed by atoms with E-state index in [2.05, 4.69) is 0 Å². The highest BCUT2D eigenvalue weighted by molar-refractivity contribution is 5.78. The van der Waals surface area contributed by atoms with Crippen LogP contribution < -0.4 is 10.5 Å². The van der Waals surface area contributed by atoms with Gasteiger partial charge in [0, 0.05) is 6.07 Å². The molecule has 0 radical (unpaired) electrons. The van der Waals surface area contributed by atoms with Gasteiger partial charge in [0.05, 0.1) is 0 Å². The Bertz CT molecular complexity index is 733. The number of phenols is 2. The molecular formula is C20H23NO4. The predicted molar refractivity (Wildman–Crippen MR) is 98.2 cm³/mol. The van der Waals surface area contributed by atoms with Gasteiger partial charge in [0.15, 0.2) is 0 Å². The summed E-state index contributed by atoms with van der Waals surface area (Å²) < 4.78 is 5.29. The molecule has 5 nitrogen and oxygen atoms in total. The molecule has 2 rings (SSSR count). The van der Waals surface area contributed by atoms with E-state index in [9.17, 15) is 15.0 Å². The van der Waals surface area contributed by atoms with Gasteiger partial charge in [-0.2, -0.15) is 0 Å². The van der Waals surface area contributed by atoms with E-state index in [1.165, 1.54) is 6.07 Å². The summed E-state index contributed by atoms with van der Waals surface area (Å²) in [4.78, 5) is 12.0. The molecule has 0 spiro atoms. The van der Waals surface area contributed by atoms with Crippen molar-refractivity contribution < 1.29 is 19.7 Å². The van der Waals surface area contributed by atoms with Crippen molar-refractivity contribution in [2.45, 2.75) is 26.3 Å². The van der Waals surface area contributed by atoms with Crippen LogP contribution in [-0.2, 0) is 4.79 Å². The second kappa shape index (κ2) is 8.35. The van der Waals surface area contributed by atoms with Gasteiger partial charge in [0.1, 0.15) is 23.3 Å². The Morgan fingerprint density at radius 3 is 2.20 bits per heavy atom. The fourth-order valence-corrected chi connectivity index (χ4v) is 2.22. The normalized spacial score (nSPS) is 13.6. The summed E-state index contributed by atoms with van der Waals surface area (Å²) in [5.41, 5.74) is 7.42. The predicted octanol–water partition coefficient (Wildman–Crippen LogP) is 3.55. The quantitative estimate of drug-likeness (QED) is 0.424. The Balaban J connectivity index is 2.02. The minimum absolute atomic E-state index is 0.000410. The zero-order valence-corrected chi connectivity index (χ0v) is 14.3. The highest BCUT2D eigenvalue weighted by Crippen LogP contribution is 2.22. The molecule has 0 saturated heterocycles. The molecule has 0 heterocycles. The summed E-state index contributed by atoms with van der Waals surface area (Å²) in [6.45, 7) is 3.89. The zero-order chi connectivity index (χ0) is 18.4. The fourth-order valence-electron chi connectivity index (χ4n) is 2.22. The third-order valence-electron chi connectivity index (χ3n) is 4.02. The van der Waals surface area contributed by atoms with Gasteiger partial charge >= 0.3 is 5.97 Å². The summed E-state index contributed by atoms with van der Waals surface area (Å²) in [5.74, 6) is 0.0660. The number of nitrogens with two attached hydrogens (primary N) is 1. The van der Waals surface area contributed by atoms with Crippen molar-refractivity contribution in [2.24, 2.45) is 11.7 Å². The number of benzene rings is 2. The lowest BCUT2D eigenvalue weighted by atomic mass is 10.0. The van der Waals surface area contributed by atoms with Gasteiger partial charge in [-0.05, 0) is 41.3 Å². The molecule has 0 aliphatic carbocycles. The lowest BCUT2D eigenvalue weighted by Crippen LogP contribution is -2.39. The van der Waals surface area contributed by atoms with Crippen LogP contribution in [0.1, 0.15) is 31.4 Å². The third kappa shape index (κ3) is 5.36. The van der Waals surface area contributed by atoms with Crippen LogP contribution in [0.4, 0.5) is 0 Å². The average Bonchev–Trinajstić information content (AvgIpc) is 2.59. The molecule has 2 aromatic rings. The Morgan fingerprint density at radius 2 is 1.64 bits per heavy atom. The molecule has 0 aliphatic heterocycles. The maximum absolute atomic E-state index is 12.0. The number of phenolic OH excluding ortho intramolecular Hbond substituents is 2. The highest BCUT2D eigenvalue weighted by Gasteiger charge is 2.21. The Morgan fingerprint density at radius 1 is 1.08 bits per heavy atom. The summed E-state index contributed by atoms with van der Waals surface area (Å²) in [5, 5.41) is 18.9. The first kappa shape index (κ1) is 18.5. The molecule has 4 N–H and O–H groups in total. The number of hydrogen-bond acceptors (Lipinski definition) is 5. The smallest absolute Gasteiger partial charge is 0.328 e. The first-order chi connectivity index (χ1) is 11.9. The second-order valence-electron chi connectivity index (χ2n) is 6.02. The van der Waals surface area contributed by atoms with Crippen LogP contribution in [0.15, 0.2) is 42.5 Å². The van der Waals surface area contributed by atoms with Crippen molar-refractivity contribution in [3.05, 3.63) is 53.6 Å². The molecule has 25 heavy (non-hydrogen) atoms. The molecular weight excluding hydrogens is 318 g/mol. The molecule has 0 amide bonds. The van der Waals surface area contributed by atoms with Crippen molar-refractivity contribution in [3.63, 3.8) is 0 Å². The minimum atomic E-state index is -0.636. The van der Waals surface area contributed by atoms with E-state index in [-0.39, 0.29) is 17.4 Å². The first-order valence-electron chi connectivity index (χ1n) is 8.17. The van der Waals surface area contributed by atoms with Gasteiger partial charge in [-0.3, -0.25) is 0 Å². The molecule has 132 valence electrons. The van der Waals surface area contributed by atoms with Crippen LogP contribution >= 0.6 is 0 Å². The number of esters is 1. The lowest BCUT2D eigenvalue weighted by Gasteiger charge is -2.16. The van der Waals surface area contributed by atoms with E-state index in [1.807, 2.05) is 19.9 Å². The fraction of sp³-hybridized carbons (Fsp3) is 0.250. The molecule has 0 aliphatic rings. The lowest BCUT2D eigenvalue weighted by molar-refractivity contribution is -0.137. The van der Waals surface area contributed by atoms with Gasteiger partial charge in [-0.15, -0.1) is 0 Å². The second-order valence-corrected chi connectivity index (χ2v) is 6.02. The summed E-state index contributed by atoms with van der Waals surface area (Å²) in [6, 6.07) is 10.7. The monoisotopic (exact) mass is 341 g/mol. The van der Waals surface area contributed by atoms with Crippen LogP contribution in [0.3, 0.4) is 0 Å². The maximum atomic E-state index is 12.0. The molecule has 0 bridgehead atoms. The van der Waals surface area contributed by atoms with E-state index in [1.54, 1.807) is 42.5 Å². The molecule has 5 heteroatoms. The van der Waals surface area contributed by atoms with E-state index in [0.717, 1.165) is 12.0 Å². The Labute approximate surface area is 147 Å². The van der Waals surface area contributed by atoms with Crippen LogP contribution in [0.2, 0.25) is 0 Å². The number of rotatable bonds is 6. The Hall–Kier alpha value is -2.79. The topological polar surface area (TPSA) is 92.8 Å². The standard InChI is InChI=1S/C20H23NO4/c1-3-13(2)19(21)20(24)25-18-8-6-14(7-9-18)4-5-15-10-16(22)12-17(23)11-15/h4-13,19,22-23H,3,21H2,1-2H3/b5-4-/t13-,19-/m0/s1. The Kier molecular flexibility index (Phi) is 6.19. The highest BCUT2D eigenvalue weighted by atomic mass is 16.5. The largest absolute Gasteiger partial charge is 0.508 e. The number of carbonyl (C=O) groups is 1. The van der Waals surface area contributed by atoms with Gasteiger partial charge in [-0.25, -0.2) is 4.79 Å². The van der Waals surface area contributed by atoms with Gasteiger partial charge < -0.3 is 20.7 Å². The van der Waals surface area contributed by atoms with E-state index < -0.39 is 12.0 Å². The first-order valence-corrected chi connectivity index (χ1v) is 8.17. The number of hydrogen-bond donors (Lipinski definition) is 3. The third-order valence-corrected chi connectivity index (χ3v) is 4.02. The van der Waals surface area contributed by atoms with Crippen LogP contribution in [0.25, 0.3) is 12.2 Å². The molecule has 0 fully saturated rings. The molecule has 0 unspecified atom stereocenters. The number of aromatic hydroxyl groups is 2. The van der Waals surface area contributed by atoms with E-state index in [4.69, 9.17) is 10.5 Å². The van der Waals surface area contributed by atoms with Gasteiger partial charge in [-0.1, -0.05) is 44.6 Å².